The van der Waals surface area contributed by atoms with Crippen molar-refractivity contribution in [2.75, 3.05) is 0 Å². The van der Waals surface area contributed by atoms with Crippen molar-refractivity contribution in [3.8, 4) is 0 Å². The summed E-state index contributed by atoms with van der Waals surface area (Å²) in [5.41, 5.74) is -0.370. The van der Waals surface area contributed by atoms with Crippen molar-refractivity contribution >= 4 is 11.2 Å². The number of aromatic nitrogens is 1. The van der Waals surface area contributed by atoms with Gasteiger partial charge in [-0.05, 0) is 18.2 Å². The van der Waals surface area contributed by atoms with E-state index in [9.17, 15) is 14.9 Å². The van der Waals surface area contributed by atoms with Crippen LogP contribution in [0.2, 0.25) is 0 Å². The van der Waals surface area contributed by atoms with E-state index in [-0.39, 0.29) is 0 Å². The van der Waals surface area contributed by atoms with E-state index in [1.54, 1.807) is 24.3 Å². The van der Waals surface area contributed by atoms with E-state index in [0.29, 0.717) is 5.52 Å². The Labute approximate surface area is 78.4 Å². The van der Waals surface area contributed by atoms with Gasteiger partial charge in [0.2, 0.25) is 0 Å². The van der Waals surface area contributed by atoms with Crippen LogP contribution in [0.3, 0.4) is 0 Å². The summed E-state index contributed by atoms with van der Waals surface area (Å²) in [7, 11) is 0. The molecule has 2 aromatic heterocycles. The topological polar surface area (TPSA) is 64.6 Å². The Morgan fingerprint density at radius 3 is 2.71 bits per heavy atom. The van der Waals surface area contributed by atoms with Gasteiger partial charge in [-0.1, -0.05) is 6.07 Å². The third-order valence-corrected chi connectivity index (χ3v) is 1.94. The molecule has 0 saturated heterocycles. The standard InChI is InChI=1S/C9H6N2O3/c12-9-8(11(13)14)5-4-7-3-1-2-6-10(7)9/h1-6H. The summed E-state index contributed by atoms with van der Waals surface area (Å²) in [6.45, 7) is 0. The van der Waals surface area contributed by atoms with Gasteiger partial charge in [0.1, 0.15) is 0 Å². The Hall–Kier alpha value is -2.17. The van der Waals surface area contributed by atoms with Gasteiger partial charge in [0.15, 0.2) is 0 Å². The van der Waals surface area contributed by atoms with Gasteiger partial charge in [-0.15, -0.1) is 0 Å². The Bertz CT molecular complexity index is 559. The summed E-state index contributed by atoms with van der Waals surface area (Å²) < 4.78 is 1.25. The van der Waals surface area contributed by atoms with Crippen molar-refractivity contribution in [1.82, 2.24) is 4.40 Å². The van der Waals surface area contributed by atoms with Gasteiger partial charge in [0, 0.05) is 17.8 Å². The summed E-state index contributed by atoms with van der Waals surface area (Å²) in [5, 5.41) is 10.5. The Kier molecular flexibility index (Phi) is 1.78. The smallest absolute Gasteiger partial charge is 0.278 e. The molecular formula is C9H6N2O3. The molecule has 0 amide bonds. The quantitative estimate of drug-likeness (QED) is 0.501. The molecule has 2 aromatic rings. The van der Waals surface area contributed by atoms with E-state index < -0.39 is 16.2 Å². The molecule has 5 nitrogen and oxygen atoms in total. The van der Waals surface area contributed by atoms with Crippen molar-refractivity contribution in [3.63, 3.8) is 0 Å². The number of pyridine rings is 2. The Morgan fingerprint density at radius 2 is 2.00 bits per heavy atom. The molecule has 0 saturated carbocycles. The van der Waals surface area contributed by atoms with Gasteiger partial charge in [-0.2, -0.15) is 0 Å². The predicted octanol–water partition coefficient (Wildman–Crippen LogP) is 1.21. The number of rotatable bonds is 1. The van der Waals surface area contributed by atoms with Gasteiger partial charge < -0.3 is 0 Å². The number of fused-ring (bicyclic) bond motifs is 1. The predicted molar refractivity (Wildman–Crippen MR) is 50.3 cm³/mol. The van der Waals surface area contributed by atoms with Crippen LogP contribution in [-0.4, -0.2) is 9.32 Å². The van der Waals surface area contributed by atoms with Crippen molar-refractivity contribution in [2.45, 2.75) is 0 Å². The second kappa shape index (κ2) is 2.95. The summed E-state index contributed by atoms with van der Waals surface area (Å²) in [6, 6.07) is 7.89. The molecule has 2 heterocycles. The number of nitrogens with zero attached hydrogens (tertiary/aromatic N) is 2. The molecule has 70 valence electrons. The van der Waals surface area contributed by atoms with Gasteiger partial charge >= 0.3 is 11.2 Å². The minimum atomic E-state index is -0.679. The van der Waals surface area contributed by atoms with Crippen molar-refractivity contribution in [2.24, 2.45) is 0 Å². The third kappa shape index (κ3) is 1.15. The second-order valence-electron chi connectivity index (χ2n) is 2.78. The first kappa shape index (κ1) is 8.43. The van der Waals surface area contributed by atoms with Gasteiger partial charge in [-0.3, -0.25) is 19.3 Å². The van der Waals surface area contributed by atoms with Crippen LogP contribution in [0.25, 0.3) is 5.52 Å². The van der Waals surface area contributed by atoms with Gasteiger partial charge in [-0.25, -0.2) is 0 Å². The largest absolute Gasteiger partial charge is 0.334 e. The van der Waals surface area contributed by atoms with E-state index in [1.807, 2.05) is 0 Å². The number of nitro groups is 1. The third-order valence-electron chi connectivity index (χ3n) is 1.94. The molecule has 5 heteroatoms. The van der Waals surface area contributed by atoms with E-state index in [4.69, 9.17) is 0 Å². The minimum absolute atomic E-state index is 0.409. The first-order valence-corrected chi connectivity index (χ1v) is 3.95. The van der Waals surface area contributed by atoms with Gasteiger partial charge in [0.05, 0.1) is 4.92 Å². The zero-order valence-electron chi connectivity index (χ0n) is 7.08. The van der Waals surface area contributed by atoms with Crippen LogP contribution in [0.5, 0.6) is 0 Å². The molecule has 2 rings (SSSR count). The maximum Gasteiger partial charge on any atom is 0.334 e. The lowest BCUT2D eigenvalue weighted by Crippen LogP contribution is -2.16. The van der Waals surface area contributed by atoms with Crippen LogP contribution in [0.1, 0.15) is 0 Å². The molecule has 0 aromatic carbocycles. The van der Waals surface area contributed by atoms with Crippen molar-refractivity contribution in [1.29, 1.82) is 0 Å². The molecule has 0 radical (unpaired) electrons. The fraction of sp³-hybridized carbons (Fsp3) is 0. The normalized spacial score (nSPS) is 10.3. The molecule has 0 N–H and O–H groups in total. The maximum atomic E-state index is 11.5. The zero-order valence-corrected chi connectivity index (χ0v) is 7.08. The molecule has 0 atom stereocenters. The summed E-state index contributed by atoms with van der Waals surface area (Å²) >= 11 is 0. The average molecular weight is 190 g/mol. The molecule has 14 heavy (non-hydrogen) atoms. The molecule has 0 bridgehead atoms. The molecule has 0 spiro atoms. The van der Waals surface area contributed by atoms with E-state index in [0.717, 1.165) is 0 Å². The highest BCUT2D eigenvalue weighted by atomic mass is 16.6. The summed E-state index contributed by atoms with van der Waals surface area (Å²) in [4.78, 5) is 21.3. The highest BCUT2D eigenvalue weighted by Crippen LogP contribution is 2.06. The van der Waals surface area contributed by atoms with Gasteiger partial charge in [0.25, 0.3) is 0 Å². The number of hydrogen-bond donors (Lipinski definition) is 0. The first-order valence-electron chi connectivity index (χ1n) is 3.95. The van der Waals surface area contributed by atoms with Crippen LogP contribution >= 0.6 is 0 Å². The minimum Gasteiger partial charge on any atom is -0.278 e. The lowest BCUT2D eigenvalue weighted by atomic mass is 10.3. The second-order valence-corrected chi connectivity index (χ2v) is 2.78. The van der Waals surface area contributed by atoms with Crippen LogP contribution in [-0.2, 0) is 0 Å². The van der Waals surface area contributed by atoms with Crippen LogP contribution in [0.15, 0.2) is 41.3 Å². The van der Waals surface area contributed by atoms with E-state index in [1.165, 1.54) is 16.7 Å². The van der Waals surface area contributed by atoms with Crippen LogP contribution in [0.4, 0.5) is 5.69 Å². The molecule has 0 aliphatic rings. The maximum absolute atomic E-state index is 11.5. The monoisotopic (exact) mass is 190 g/mol. The molecule has 0 unspecified atom stereocenters. The lowest BCUT2D eigenvalue weighted by Gasteiger charge is -1.98. The van der Waals surface area contributed by atoms with Crippen LogP contribution in [0, 0.1) is 10.1 Å². The average Bonchev–Trinajstić information content (AvgIpc) is 2.18. The zero-order chi connectivity index (χ0) is 10.1. The highest BCUT2D eigenvalue weighted by Gasteiger charge is 2.12. The van der Waals surface area contributed by atoms with Crippen molar-refractivity contribution < 1.29 is 4.92 Å². The first-order chi connectivity index (χ1) is 6.70. The molecule has 0 fully saturated rings. The summed E-state index contributed by atoms with van der Waals surface area (Å²) in [6.07, 6.45) is 1.50. The number of hydrogen-bond acceptors (Lipinski definition) is 3. The molecule has 0 aliphatic heterocycles. The van der Waals surface area contributed by atoms with Crippen LogP contribution < -0.4 is 5.56 Å². The lowest BCUT2D eigenvalue weighted by molar-refractivity contribution is -0.386. The fourth-order valence-corrected chi connectivity index (χ4v) is 1.28. The fourth-order valence-electron chi connectivity index (χ4n) is 1.28. The SMILES string of the molecule is O=c1c([N+](=O)[O-])ccc2ccccn12. The highest BCUT2D eigenvalue weighted by molar-refractivity contribution is 5.49. The molecular weight excluding hydrogens is 184 g/mol. The Morgan fingerprint density at radius 1 is 1.21 bits per heavy atom. The Balaban J connectivity index is 2.89. The summed E-state index contributed by atoms with van der Waals surface area (Å²) in [5.74, 6) is 0. The van der Waals surface area contributed by atoms with Crippen molar-refractivity contribution in [3.05, 3.63) is 57.0 Å². The van der Waals surface area contributed by atoms with E-state index >= 15 is 0 Å². The molecule has 0 aliphatic carbocycles. The van der Waals surface area contributed by atoms with E-state index in [2.05, 4.69) is 0 Å².